The number of ether oxygens (including phenoxy) is 6. The fourth-order valence-corrected chi connectivity index (χ4v) is 3.50. The molecule has 0 atom stereocenters. The van der Waals surface area contributed by atoms with Crippen LogP contribution in [0, 0.1) is 0 Å². The molecule has 48 heavy (non-hydrogen) atoms. The van der Waals surface area contributed by atoms with E-state index in [1.807, 2.05) is 6.92 Å². The molecule has 0 unspecified atom stereocenters. The molecule has 2 N–H and O–H groups in total. The SMILES string of the molecule is CCCOC(=O)c1ccc(C(=O)OC)cc1.O=C(OCCO)c1ccc(C(=O)OCCOC(=O)c2ccc(C(=O)OCCO)cc2)cc1. The van der Waals surface area contributed by atoms with Crippen molar-refractivity contribution in [3.8, 4) is 0 Å². The van der Waals surface area contributed by atoms with Crippen LogP contribution in [0.15, 0.2) is 72.8 Å². The predicted molar refractivity (Wildman–Crippen MR) is 167 cm³/mol. The predicted octanol–water partition coefficient (Wildman–Crippen LogP) is 3.04. The summed E-state index contributed by atoms with van der Waals surface area (Å²) in [6.07, 6.45) is 0.784. The summed E-state index contributed by atoms with van der Waals surface area (Å²) in [5, 5.41) is 17.3. The Hall–Kier alpha value is -5.60. The van der Waals surface area contributed by atoms with Crippen LogP contribution in [-0.2, 0) is 28.4 Å². The monoisotopic (exact) mass is 668 g/mol. The Kier molecular flexibility index (Phi) is 17.1. The first-order chi connectivity index (χ1) is 23.1. The first kappa shape index (κ1) is 38.6. The molecule has 3 rings (SSSR count). The number of hydrogen-bond donors (Lipinski definition) is 2. The normalized spacial score (nSPS) is 10.0. The highest BCUT2D eigenvalue weighted by Crippen LogP contribution is 2.10. The van der Waals surface area contributed by atoms with Crippen LogP contribution < -0.4 is 0 Å². The zero-order valence-corrected chi connectivity index (χ0v) is 26.4. The van der Waals surface area contributed by atoms with Gasteiger partial charge in [0.15, 0.2) is 0 Å². The third-order valence-corrected chi connectivity index (χ3v) is 5.89. The summed E-state index contributed by atoms with van der Waals surface area (Å²) in [7, 11) is 1.31. The van der Waals surface area contributed by atoms with Gasteiger partial charge in [0.05, 0.1) is 60.3 Å². The maximum absolute atomic E-state index is 12.0. The number of aliphatic hydroxyl groups is 2. The molecular weight excluding hydrogens is 632 g/mol. The topological polar surface area (TPSA) is 198 Å². The highest BCUT2D eigenvalue weighted by Gasteiger charge is 2.14. The summed E-state index contributed by atoms with van der Waals surface area (Å²) < 4.78 is 29.1. The van der Waals surface area contributed by atoms with Gasteiger partial charge >= 0.3 is 35.8 Å². The van der Waals surface area contributed by atoms with Gasteiger partial charge in [0, 0.05) is 0 Å². The maximum Gasteiger partial charge on any atom is 0.338 e. The Morgan fingerprint density at radius 2 is 0.646 bits per heavy atom. The number of rotatable bonds is 15. The summed E-state index contributed by atoms with van der Waals surface area (Å²) in [6.45, 7) is 1.14. The van der Waals surface area contributed by atoms with Gasteiger partial charge in [0.1, 0.15) is 26.4 Å². The number of benzene rings is 3. The smallest absolute Gasteiger partial charge is 0.338 e. The fraction of sp³-hybridized carbons (Fsp3) is 0.294. The first-order valence-electron chi connectivity index (χ1n) is 14.6. The molecule has 3 aromatic rings. The number of hydrogen-bond acceptors (Lipinski definition) is 14. The van der Waals surface area contributed by atoms with Gasteiger partial charge < -0.3 is 38.6 Å². The number of carbonyl (C=O) groups is 6. The summed E-state index contributed by atoms with van der Waals surface area (Å²) in [5.74, 6) is -3.38. The Morgan fingerprint density at radius 1 is 0.417 bits per heavy atom. The van der Waals surface area contributed by atoms with E-state index >= 15 is 0 Å². The average molecular weight is 669 g/mol. The van der Waals surface area contributed by atoms with E-state index in [9.17, 15) is 28.8 Å². The van der Waals surface area contributed by atoms with Gasteiger partial charge in [-0.25, -0.2) is 28.8 Å². The summed E-state index contributed by atoms with van der Waals surface area (Å²) in [5.41, 5.74) is 1.67. The van der Waals surface area contributed by atoms with Crippen LogP contribution in [0.3, 0.4) is 0 Å². The second-order valence-corrected chi connectivity index (χ2v) is 9.35. The van der Waals surface area contributed by atoms with Crippen LogP contribution in [0.2, 0.25) is 0 Å². The van der Waals surface area contributed by atoms with Crippen molar-refractivity contribution >= 4 is 35.8 Å². The Bertz CT molecular complexity index is 1420. The summed E-state index contributed by atoms with van der Waals surface area (Å²) in [4.78, 5) is 69.9. The van der Waals surface area contributed by atoms with Crippen molar-refractivity contribution in [2.24, 2.45) is 0 Å². The van der Waals surface area contributed by atoms with Gasteiger partial charge in [-0.15, -0.1) is 0 Å². The standard InChI is InChI=1S/C22H22O10.C12H14O4/c23-9-11-29-19(25)15-1-5-17(6-2-15)21(27)31-13-14-32-22(28)18-7-3-16(4-8-18)20(26)30-12-10-24;1-3-8-16-12(14)10-6-4-9(5-7-10)11(13)15-2/h1-8,23-24H,9-14H2;4-7H,3,8H2,1-2H3. The van der Waals surface area contributed by atoms with Gasteiger partial charge in [-0.05, 0) is 79.2 Å². The van der Waals surface area contributed by atoms with E-state index < -0.39 is 29.8 Å². The second-order valence-electron chi connectivity index (χ2n) is 9.35. The molecular formula is C34H36O14. The zero-order valence-electron chi connectivity index (χ0n) is 26.4. The van der Waals surface area contributed by atoms with Gasteiger partial charge in [0.2, 0.25) is 0 Å². The van der Waals surface area contributed by atoms with E-state index in [1.165, 1.54) is 67.8 Å². The molecule has 0 amide bonds. The maximum atomic E-state index is 12.0. The zero-order chi connectivity index (χ0) is 35.3. The summed E-state index contributed by atoms with van der Waals surface area (Å²) in [6, 6.07) is 17.3. The molecule has 256 valence electrons. The molecule has 0 aliphatic rings. The molecule has 0 saturated carbocycles. The highest BCUT2D eigenvalue weighted by atomic mass is 16.6. The third kappa shape index (κ3) is 13.0. The summed E-state index contributed by atoms with van der Waals surface area (Å²) >= 11 is 0. The van der Waals surface area contributed by atoms with Crippen LogP contribution in [0.4, 0.5) is 0 Å². The quantitative estimate of drug-likeness (QED) is 0.136. The van der Waals surface area contributed by atoms with E-state index in [1.54, 1.807) is 12.1 Å². The Morgan fingerprint density at radius 3 is 0.875 bits per heavy atom. The number of esters is 6. The molecule has 0 spiro atoms. The first-order valence-corrected chi connectivity index (χ1v) is 14.6. The van der Waals surface area contributed by atoms with Crippen molar-refractivity contribution in [3.05, 3.63) is 106 Å². The molecule has 0 saturated heterocycles. The van der Waals surface area contributed by atoms with E-state index in [0.29, 0.717) is 17.7 Å². The number of carbonyl (C=O) groups excluding carboxylic acids is 6. The molecule has 0 aromatic heterocycles. The lowest BCUT2D eigenvalue weighted by Gasteiger charge is -2.08. The van der Waals surface area contributed by atoms with E-state index in [-0.39, 0.29) is 67.9 Å². The lowest BCUT2D eigenvalue weighted by molar-refractivity contribution is 0.0265. The Labute approximate surface area is 276 Å². The van der Waals surface area contributed by atoms with E-state index in [2.05, 4.69) is 4.74 Å². The van der Waals surface area contributed by atoms with Crippen molar-refractivity contribution in [2.45, 2.75) is 13.3 Å². The van der Waals surface area contributed by atoms with Gasteiger partial charge in [-0.2, -0.15) is 0 Å². The van der Waals surface area contributed by atoms with E-state index in [4.69, 9.17) is 33.9 Å². The molecule has 0 bridgehead atoms. The molecule has 0 radical (unpaired) electrons. The molecule has 3 aromatic carbocycles. The van der Waals surface area contributed by atoms with Crippen molar-refractivity contribution in [1.82, 2.24) is 0 Å². The third-order valence-electron chi connectivity index (χ3n) is 5.89. The Balaban J connectivity index is 0.000000419. The largest absolute Gasteiger partial charge is 0.465 e. The molecule has 14 nitrogen and oxygen atoms in total. The minimum Gasteiger partial charge on any atom is -0.465 e. The fourth-order valence-electron chi connectivity index (χ4n) is 3.50. The number of aliphatic hydroxyl groups excluding tert-OH is 2. The molecule has 0 fully saturated rings. The van der Waals surface area contributed by atoms with Crippen LogP contribution >= 0.6 is 0 Å². The van der Waals surface area contributed by atoms with Crippen molar-refractivity contribution in [2.75, 3.05) is 53.4 Å². The molecule has 0 heterocycles. The van der Waals surface area contributed by atoms with Crippen molar-refractivity contribution in [3.63, 3.8) is 0 Å². The minimum atomic E-state index is -0.665. The van der Waals surface area contributed by atoms with Crippen LogP contribution in [0.25, 0.3) is 0 Å². The van der Waals surface area contributed by atoms with Crippen molar-refractivity contribution in [1.29, 1.82) is 0 Å². The van der Waals surface area contributed by atoms with Crippen LogP contribution in [0.5, 0.6) is 0 Å². The molecule has 0 aliphatic heterocycles. The van der Waals surface area contributed by atoms with Gasteiger partial charge in [0.25, 0.3) is 0 Å². The molecule has 14 heteroatoms. The van der Waals surface area contributed by atoms with Gasteiger partial charge in [-0.1, -0.05) is 6.92 Å². The van der Waals surface area contributed by atoms with Crippen LogP contribution in [-0.4, -0.2) is 99.4 Å². The lowest BCUT2D eigenvalue weighted by atomic mass is 10.1. The minimum absolute atomic E-state index is 0.122. The second kappa shape index (κ2) is 21.2. The van der Waals surface area contributed by atoms with Gasteiger partial charge in [-0.3, -0.25) is 0 Å². The van der Waals surface area contributed by atoms with E-state index in [0.717, 1.165) is 6.42 Å². The number of methoxy groups -OCH3 is 1. The lowest BCUT2D eigenvalue weighted by Crippen LogP contribution is -2.15. The van der Waals surface area contributed by atoms with Crippen LogP contribution in [0.1, 0.15) is 75.5 Å². The molecule has 0 aliphatic carbocycles. The average Bonchev–Trinajstić information content (AvgIpc) is 3.13. The highest BCUT2D eigenvalue weighted by molar-refractivity contribution is 5.95. The van der Waals surface area contributed by atoms with Crippen molar-refractivity contribution < 1.29 is 67.4 Å².